The van der Waals surface area contributed by atoms with Gasteiger partial charge in [0, 0.05) is 0 Å². The summed E-state index contributed by atoms with van der Waals surface area (Å²) in [4.78, 5) is 0. The Hall–Kier alpha value is -0.461. The topological polar surface area (TPSA) is 9.23 Å². The molecule has 2 heteroatoms. The van der Waals surface area contributed by atoms with Crippen LogP contribution in [0.5, 0.6) is 5.75 Å². The second-order valence-corrected chi connectivity index (χ2v) is 2.63. The molecule has 0 N–H and O–H groups in total. The van der Waals surface area contributed by atoms with Gasteiger partial charge in [-0.15, -0.1) is 0 Å². The second-order valence-electron chi connectivity index (χ2n) is 1.97. The quantitative estimate of drug-likeness (QED) is 0.651. The minimum atomic E-state index is 0.969. The van der Waals surface area contributed by atoms with E-state index in [1.807, 2.05) is 18.2 Å². The van der Waals surface area contributed by atoms with Gasteiger partial charge in [-0.1, -0.05) is 0 Å². The SMILES string of the molecule is COc1ccccc1C[SeH]. The minimum absolute atomic E-state index is 0.969. The molecule has 0 aliphatic heterocycles. The van der Waals surface area contributed by atoms with Gasteiger partial charge in [0.15, 0.2) is 0 Å². The van der Waals surface area contributed by atoms with Crippen molar-refractivity contribution in [3.63, 3.8) is 0 Å². The fourth-order valence-corrected chi connectivity index (χ4v) is 1.38. The molecule has 0 amide bonds. The van der Waals surface area contributed by atoms with Crippen LogP contribution in [-0.4, -0.2) is 23.1 Å². The van der Waals surface area contributed by atoms with Crippen LogP contribution in [0.3, 0.4) is 0 Å². The zero-order valence-electron chi connectivity index (χ0n) is 5.87. The molecule has 0 heterocycles. The van der Waals surface area contributed by atoms with Crippen molar-refractivity contribution in [3.05, 3.63) is 29.8 Å². The van der Waals surface area contributed by atoms with Crippen molar-refractivity contribution in [1.29, 1.82) is 0 Å². The van der Waals surface area contributed by atoms with E-state index in [1.54, 1.807) is 7.11 Å². The van der Waals surface area contributed by atoms with E-state index < -0.39 is 0 Å². The van der Waals surface area contributed by atoms with Gasteiger partial charge < -0.3 is 0 Å². The van der Waals surface area contributed by atoms with Crippen LogP contribution in [0.4, 0.5) is 0 Å². The Labute approximate surface area is 69.2 Å². The van der Waals surface area contributed by atoms with E-state index in [1.165, 1.54) is 5.56 Å². The molecule has 0 bridgehead atoms. The molecule has 0 aromatic heterocycles. The van der Waals surface area contributed by atoms with Gasteiger partial charge in [0.25, 0.3) is 0 Å². The number of para-hydroxylation sites is 1. The Morgan fingerprint density at radius 3 is 2.60 bits per heavy atom. The monoisotopic (exact) mass is 202 g/mol. The molecule has 0 atom stereocenters. The number of benzene rings is 1. The van der Waals surface area contributed by atoms with Crippen LogP contribution in [0.25, 0.3) is 0 Å². The van der Waals surface area contributed by atoms with Crippen LogP contribution >= 0.6 is 0 Å². The molecular weight excluding hydrogens is 191 g/mol. The summed E-state index contributed by atoms with van der Waals surface area (Å²) in [6.45, 7) is 0. The standard InChI is InChI=1S/C8H10OSe/c1-9-8-5-3-2-4-7(8)6-10/h2-5,10H,6H2,1H3. The van der Waals surface area contributed by atoms with Crippen molar-refractivity contribution in [2.75, 3.05) is 7.11 Å². The van der Waals surface area contributed by atoms with Crippen molar-refractivity contribution >= 4 is 16.0 Å². The predicted molar refractivity (Wildman–Crippen MR) is 43.8 cm³/mol. The van der Waals surface area contributed by atoms with Crippen molar-refractivity contribution < 1.29 is 4.74 Å². The molecule has 1 nitrogen and oxygen atoms in total. The van der Waals surface area contributed by atoms with Crippen molar-refractivity contribution in [2.45, 2.75) is 5.32 Å². The Bertz CT molecular complexity index is 187. The van der Waals surface area contributed by atoms with Crippen LogP contribution in [0.15, 0.2) is 24.3 Å². The number of hydrogen-bond acceptors (Lipinski definition) is 1. The molecule has 0 radical (unpaired) electrons. The zero-order valence-corrected chi connectivity index (χ0v) is 7.75. The van der Waals surface area contributed by atoms with Crippen LogP contribution in [0.1, 0.15) is 5.56 Å². The molecule has 1 rings (SSSR count). The number of methoxy groups -OCH3 is 1. The number of ether oxygens (including phenoxy) is 1. The summed E-state index contributed by atoms with van der Waals surface area (Å²) < 4.78 is 5.13. The molecule has 0 saturated carbocycles. The molecule has 0 fully saturated rings. The zero-order chi connectivity index (χ0) is 7.40. The molecule has 1 aromatic carbocycles. The van der Waals surface area contributed by atoms with Gasteiger partial charge in [0.1, 0.15) is 0 Å². The third-order valence-corrected chi connectivity index (χ3v) is 2.08. The first-order valence-electron chi connectivity index (χ1n) is 3.11. The summed E-state index contributed by atoms with van der Waals surface area (Å²) in [5, 5.41) is 0.969. The fraction of sp³-hybridized carbons (Fsp3) is 0.250. The van der Waals surface area contributed by atoms with Crippen molar-refractivity contribution in [3.8, 4) is 5.75 Å². The molecule has 0 saturated heterocycles. The van der Waals surface area contributed by atoms with E-state index in [0.717, 1.165) is 11.1 Å². The van der Waals surface area contributed by atoms with Gasteiger partial charge in [-0.2, -0.15) is 0 Å². The second kappa shape index (κ2) is 3.65. The fourth-order valence-electron chi connectivity index (χ4n) is 0.834. The maximum absolute atomic E-state index is 5.13. The van der Waals surface area contributed by atoms with Gasteiger partial charge in [0.2, 0.25) is 0 Å². The van der Waals surface area contributed by atoms with E-state index in [0.29, 0.717) is 0 Å². The number of hydrogen-bond donors (Lipinski definition) is 0. The van der Waals surface area contributed by atoms with Crippen LogP contribution in [0, 0.1) is 0 Å². The molecule has 1 aromatic rings. The van der Waals surface area contributed by atoms with Crippen molar-refractivity contribution in [2.24, 2.45) is 0 Å². The van der Waals surface area contributed by atoms with Crippen LogP contribution < -0.4 is 4.74 Å². The first-order chi connectivity index (χ1) is 4.88. The summed E-state index contributed by atoms with van der Waals surface area (Å²) in [5.41, 5.74) is 1.24. The first kappa shape index (κ1) is 7.64. The Morgan fingerprint density at radius 2 is 2.10 bits per heavy atom. The van der Waals surface area contributed by atoms with E-state index in [-0.39, 0.29) is 0 Å². The maximum atomic E-state index is 5.13. The van der Waals surface area contributed by atoms with Crippen LogP contribution in [0.2, 0.25) is 0 Å². The average Bonchev–Trinajstić information content (AvgIpc) is 2.04. The summed E-state index contributed by atoms with van der Waals surface area (Å²) in [6, 6.07) is 8.04. The summed E-state index contributed by atoms with van der Waals surface area (Å²) in [7, 11) is 1.70. The van der Waals surface area contributed by atoms with Crippen molar-refractivity contribution in [1.82, 2.24) is 0 Å². The van der Waals surface area contributed by atoms with Crippen LogP contribution in [-0.2, 0) is 5.32 Å². The van der Waals surface area contributed by atoms with Gasteiger partial charge >= 0.3 is 68.8 Å². The van der Waals surface area contributed by atoms with Gasteiger partial charge in [0.05, 0.1) is 0 Å². The molecule has 0 aliphatic carbocycles. The molecule has 0 unspecified atom stereocenters. The summed E-state index contributed by atoms with van der Waals surface area (Å²) >= 11 is 2.54. The molecule has 54 valence electrons. The Balaban J connectivity index is 2.96. The third kappa shape index (κ3) is 1.53. The van der Waals surface area contributed by atoms with Gasteiger partial charge in [-0.3, -0.25) is 0 Å². The third-order valence-electron chi connectivity index (χ3n) is 1.36. The normalized spacial score (nSPS) is 9.40. The average molecular weight is 201 g/mol. The Morgan fingerprint density at radius 1 is 1.40 bits per heavy atom. The predicted octanol–water partition coefficient (Wildman–Crippen LogP) is 1.10. The molecule has 0 aliphatic rings. The molecule has 0 spiro atoms. The Kier molecular flexibility index (Phi) is 2.79. The van der Waals surface area contributed by atoms with Gasteiger partial charge in [-0.25, -0.2) is 0 Å². The number of rotatable bonds is 2. The summed E-state index contributed by atoms with van der Waals surface area (Å²) in [5.74, 6) is 0.975. The molecule has 10 heavy (non-hydrogen) atoms. The summed E-state index contributed by atoms with van der Waals surface area (Å²) in [6.07, 6.45) is 0. The van der Waals surface area contributed by atoms with E-state index in [9.17, 15) is 0 Å². The molecular formula is C8H10OSe. The first-order valence-corrected chi connectivity index (χ1v) is 4.44. The van der Waals surface area contributed by atoms with E-state index in [2.05, 4.69) is 22.1 Å². The van der Waals surface area contributed by atoms with E-state index >= 15 is 0 Å². The van der Waals surface area contributed by atoms with E-state index in [4.69, 9.17) is 4.74 Å². The van der Waals surface area contributed by atoms with Gasteiger partial charge in [-0.05, 0) is 0 Å².